The van der Waals surface area contributed by atoms with Gasteiger partial charge in [0.2, 0.25) is 0 Å². The number of hydrogen-bond acceptors (Lipinski definition) is 5. The summed E-state index contributed by atoms with van der Waals surface area (Å²) in [4.78, 5) is 28.5. The molecule has 1 amide bonds. The van der Waals surface area contributed by atoms with Crippen LogP contribution in [0.4, 0.5) is 0 Å². The van der Waals surface area contributed by atoms with Crippen molar-refractivity contribution in [3.63, 3.8) is 0 Å². The Morgan fingerprint density at radius 3 is 2.36 bits per heavy atom. The molecule has 0 saturated carbocycles. The number of amides is 1. The quantitative estimate of drug-likeness (QED) is 0.757. The van der Waals surface area contributed by atoms with Gasteiger partial charge in [-0.05, 0) is 52.2 Å². The fourth-order valence-corrected chi connectivity index (χ4v) is 3.52. The van der Waals surface area contributed by atoms with Crippen LogP contribution < -0.4 is 0 Å². The lowest BCUT2D eigenvalue weighted by Gasteiger charge is -2.23. The molecule has 0 unspecified atom stereocenters. The number of carbonyl (C=O) groups is 2. The molecule has 1 atom stereocenters. The molecule has 0 radical (unpaired) electrons. The van der Waals surface area contributed by atoms with Gasteiger partial charge in [-0.1, -0.05) is 30.5 Å². The van der Waals surface area contributed by atoms with Gasteiger partial charge in [0, 0.05) is 13.1 Å². The van der Waals surface area contributed by atoms with E-state index in [-0.39, 0.29) is 11.6 Å². The number of likely N-dealkylation sites (tertiary alicyclic amines) is 1. The first-order chi connectivity index (χ1) is 13.4. The molecule has 7 heteroatoms. The van der Waals surface area contributed by atoms with Crippen molar-refractivity contribution in [3.8, 4) is 5.69 Å². The van der Waals surface area contributed by atoms with Crippen LogP contribution in [0.2, 0.25) is 0 Å². The fraction of sp³-hybridized carbons (Fsp3) is 0.524. The highest BCUT2D eigenvalue weighted by molar-refractivity contribution is 5.91. The first-order valence-corrected chi connectivity index (χ1v) is 9.88. The van der Waals surface area contributed by atoms with Gasteiger partial charge in [0.05, 0.1) is 11.4 Å². The molecule has 3 rings (SSSR count). The van der Waals surface area contributed by atoms with Crippen molar-refractivity contribution in [3.05, 3.63) is 40.7 Å². The third-order valence-electron chi connectivity index (χ3n) is 5.09. The number of carbonyl (C=O) groups excluding carboxylic acids is 2. The molecule has 7 nitrogen and oxygen atoms in total. The number of aryl methyl sites for hydroxylation is 3. The predicted molar refractivity (Wildman–Crippen MR) is 105 cm³/mol. The summed E-state index contributed by atoms with van der Waals surface area (Å²) < 4.78 is 5.43. The SMILES string of the molecule is Cc1ccc(-n2nc(C)c(C(=O)O[C@@H](C)C(=O)N3CCCCCC3)n2)c(C)c1. The van der Waals surface area contributed by atoms with E-state index >= 15 is 0 Å². The summed E-state index contributed by atoms with van der Waals surface area (Å²) >= 11 is 0. The second-order valence-corrected chi connectivity index (χ2v) is 7.50. The normalized spacial score (nSPS) is 15.8. The van der Waals surface area contributed by atoms with E-state index in [1.807, 2.05) is 32.0 Å². The minimum absolute atomic E-state index is 0.135. The first kappa shape index (κ1) is 20.0. The molecule has 1 aliphatic rings. The Morgan fingerprint density at radius 2 is 1.71 bits per heavy atom. The number of ether oxygens (including phenoxy) is 1. The zero-order valence-corrected chi connectivity index (χ0v) is 17.1. The second kappa shape index (κ2) is 8.54. The molecular formula is C21H28N4O3. The standard InChI is InChI=1S/C21H28N4O3/c1-14-9-10-18(15(2)13-14)25-22-16(3)19(23-25)21(27)28-17(4)20(26)24-11-7-5-6-8-12-24/h9-10,13,17H,5-8,11-12H2,1-4H3/t17-/m0/s1. The molecule has 0 N–H and O–H groups in total. The van der Waals surface area contributed by atoms with Crippen molar-refractivity contribution in [2.45, 2.75) is 59.5 Å². The number of aromatic nitrogens is 3. The van der Waals surface area contributed by atoms with Gasteiger partial charge in [0.25, 0.3) is 5.91 Å². The average Bonchev–Trinajstić information content (AvgIpc) is 2.86. The van der Waals surface area contributed by atoms with Gasteiger partial charge in [0.1, 0.15) is 0 Å². The molecule has 0 spiro atoms. The van der Waals surface area contributed by atoms with E-state index in [2.05, 4.69) is 10.2 Å². The van der Waals surface area contributed by atoms with Crippen LogP contribution in [0.5, 0.6) is 0 Å². The Labute approximate surface area is 165 Å². The molecule has 0 aliphatic carbocycles. The third kappa shape index (κ3) is 4.40. The summed E-state index contributed by atoms with van der Waals surface area (Å²) in [7, 11) is 0. The van der Waals surface area contributed by atoms with Crippen molar-refractivity contribution in [2.24, 2.45) is 0 Å². The summed E-state index contributed by atoms with van der Waals surface area (Å²) in [6.07, 6.45) is 3.43. The molecule has 2 aromatic rings. The van der Waals surface area contributed by atoms with Crippen LogP contribution >= 0.6 is 0 Å². The largest absolute Gasteiger partial charge is 0.448 e. The zero-order valence-electron chi connectivity index (χ0n) is 17.1. The van der Waals surface area contributed by atoms with E-state index in [1.54, 1.807) is 18.7 Å². The van der Waals surface area contributed by atoms with Crippen LogP contribution in [0.3, 0.4) is 0 Å². The van der Waals surface area contributed by atoms with Gasteiger partial charge in [-0.15, -0.1) is 5.10 Å². The Kier molecular flexibility index (Phi) is 6.11. The van der Waals surface area contributed by atoms with Crippen molar-refractivity contribution < 1.29 is 14.3 Å². The highest BCUT2D eigenvalue weighted by Gasteiger charge is 2.27. The third-order valence-corrected chi connectivity index (χ3v) is 5.09. The number of rotatable bonds is 4. The monoisotopic (exact) mass is 384 g/mol. The van der Waals surface area contributed by atoms with E-state index in [1.165, 1.54) is 4.80 Å². The van der Waals surface area contributed by atoms with Gasteiger partial charge in [0.15, 0.2) is 11.8 Å². The van der Waals surface area contributed by atoms with Crippen molar-refractivity contribution in [1.29, 1.82) is 0 Å². The summed E-state index contributed by atoms with van der Waals surface area (Å²) in [5.74, 6) is -0.765. The van der Waals surface area contributed by atoms with Gasteiger partial charge in [-0.25, -0.2) is 4.79 Å². The van der Waals surface area contributed by atoms with E-state index in [0.717, 1.165) is 55.6 Å². The fourth-order valence-electron chi connectivity index (χ4n) is 3.52. The van der Waals surface area contributed by atoms with E-state index < -0.39 is 12.1 Å². The maximum Gasteiger partial charge on any atom is 0.361 e. The van der Waals surface area contributed by atoms with Gasteiger partial charge in [-0.3, -0.25) is 4.79 Å². The highest BCUT2D eigenvalue weighted by Crippen LogP contribution is 2.17. The lowest BCUT2D eigenvalue weighted by Crippen LogP contribution is -2.40. The average molecular weight is 384 g/mol. The van der Waals surface area contributed by atoms with Crippen molar-refractivity contribution in [1.82, 2.24) is 19.9 Å². The zero-order chi connectivity index (χ0) is 20.3. The Hall–Kier alpha value is -2.70. The smallest absolute Gasteiger partial charge is 0.361 e. The highest BCUT2D eigenvalue weighted by atomic mass is 16.5. The lowest BCUT2D eigenvalue weighted by atomic mass is 10.1. The predicted octanol–water partition coefficient (Wildman–Crippen LogP) is 3.14. The van der Waals surface area contributed by atoms with Crippen LogP contribution in [0.1, 0.15) is 59.9 Å². The number of benzene rings is 1. The molecule has 0 bridgehead atoms. The Morgan fingerprint density at radius 1 is 1.04 bits per heavy atom. The van der Waals surface area contributed by atoms with Crippen LogP contribution in [-0.2, 0) is 9.53 Å². The molecule has 2 heterocycles. The molecule has 1 saturated heterocycles. The van der Waals surface area contributed by atoms with E-state index in [9.17, 15) is 9.59 Å². The topological polar surface area (TPSA) is 77.3 Å². The summed E-state index contributed by atoms with van der Waals surface area (Å²) in [5.41, 5.74) is 3.57. The molecule has 1 aliphatic heterocycles. The van der Waals surface area contributed by atoms with E-state index in [4.69, 9.17) is 4.74 Å². The van der Waals surface area contributed by atoms with Crippen LogP contribution in [0.25, 0.3) is 5.69 Å². The summed E-state index contributed by atoms with van der Waals surface area (Å²) in [5, 5.41) is 8.67. The number of esters is 1. The second-order valence-electron chi connectivity index (χ2n) is 7.50. The molecule has 150 valence electrons. The van der Waals surface area contributed by atoms with Crippen LogP contribution in [0, 0.1) is 20.8 Å². The maximum atomic E-state index is 12.6. The van der Waals surface area contributed by atoms with Crippen molar-refractivity contribution in [2.75, 3.05) is 13.1 Å². The number of nitrogens with zero attached hydrogens (tertiary/aromatic N) is 4. The van der Waals surface area contributed by atoms with Gasteiger partial charge >= 0.3 is 5.97 Å². The lowest BCUT2D eigenvalue weighted by molar-refractivity contribution is -0.139. The minimum atomic E-state index is -0.837. The first-order valence-electron chi connectivity index (χ1n) is 9.88. The Balaban J connectivity index is 1.72. The number of hydrogen-bond donors (Lipinski definition) is 0. The van der Waals surface area contributed by atoms with Gasteiger partial charge < -0.3 is 9.64 Å². The summed E-state index contributed by atoms with van der Waals surface area (Å²) in [6, 6.07) is 5.93. The summed E-state index contributed by atoms with van der Waals surface area (Å²) in [6.45, 7) is 8.77. The molecule has 1 aromatic carbocycles. The van der Waals surface area contributed by atoms with Crippen molar-refractivity contribution >= 4 is 11.9 Å². The Bertz CT molecular complexity index is 867. The minimum Gasteiger partial charge on any atom is -0.448 e. The van der Waals surface area contributed by atoms with Crippen LogP contribution in [-0.4, -0.2) is 51.0 Å². The maximum absolute atomic E-state index is 12.6. The molecule has 28 heavy (non-hydrogen) atoms. The van der Waals surface area contributed by atoms with Gasteiger partial charge in [-0.2, -0.15) is 9.90 Å². The molecule has 1 fully saturated rings. The van der Waals surface area contributed by atoms with E-state index in [0.29, 0.717) is 5.69 Å². The molecular weight excluding hydrogens is 356 g/mol. The van der Waals surface area contributed by atoms with Crippen LogP contribution in [0.15, 0.2) is 18.2 Å². The molecule has 1 aromatic heterocycles.